The first-order valence-corrected chi connectivity index (χ1v) is 5.77. The highest BCUT2D eigenvalue weighted by Crippen LogP contribution is 2.26. The number of carboxylic acids is 1. The maximum atomic E-state index is 10.7. The zero-order valence-electron chi connectivity index (χ0n) is 10.7. The van der Waals surface area contributed by atoms with Crippen LogP contribution in [0.15, 0.2) is 22.9 Å². The summed E-state index contributed by atoms with van der Waals surface area (Å²) in [6.07, 6.45) is 3.51. The van der Waals surface area contributed by atoms with E-state index in [0.717, 1.165) is 0 Å². The Balaban J connectivity index is 2.12. The molecule has 7 nitrogen and oxygen atoms in total. The molecule has 0 saturated carbocycles. The lowest BCUT2D eigenvalue weighted by atomic mass is 9.86. The Labute approximate surface area is 109 Å². The molecule has 0 radical (unpaired) electrons. The number of rotatable bonds is 5. The van der Waals surface area contributed by atoms with Gasteiger partial charge in [0, 0.05) is 6.42 Å². The van der Waals surface area contributed by atoms with Gasteiger partial charge < -0.3 is 9.52 Å². The van der Waals surface area contributed by atoms with Crippen molar-refractivity contribution >= 4 is 5.97 Å². The van der Waals surface area contributed by atoms with Crippen molar-refractivity contribution in [2.45, 2.75) is 26.7 Å². The van der Waals surface area contributed by atoms with Gasteiger partial charge in [0.25, 0.3) is 0 Å². The van der Waals surface area contributed by atoms with E-state index < -0.39 is 11.4 Å². The average molecular weight is 262 g/mol. The van der Waals surface area contributed by atoms with Gasteiger partial charge in [-0.3, -0.25) is 4.79 Å². The van der Waals surface area contributed by atoms with Crippen LogP contribution in [0, 0.1) is 5.41 Å². The molecule has 0 aliphatic heterocycles. The molecule has 0 saturated heterocycles. The van der Waals surface area contributed by atoms with Gasteiger partial charge in [0.05, 0.1) is 24.4 Å². The van der Waals surface area contributed by atoms with E-state index in [9.17, 15) is 4.79 Å². The second-order valence-electron chi connectivity index (χ2n) is 5.04. The molecule has 1 N–H and O–H groups in total. The summed E-state index contributed by atoms with van der Waals surface area (Å²) in [7, 11) is 0. The van der Waals surface area contributed by atoms with Gasteiger partial charge in [-0.2, -0.15) is 10.2 Å². The van der Waals surface area contributed by atoms with E-state index in [4.69, 9.17) is 9.52 Å². The van der Waals surface area contributed by atoms with Crippen LogP contribution in [0.5, 0.6) is 0 Å². The van der Waals surface area contributed by atoms with E-state index in [1.165, 1.54) is 12.4 Å². The fourth-order valence-electron chi connectivity index (χ4n) is 1.74. The Hall–Kier alpha value is -2.31. The third-order valence-corrected chi connectivity index (χ3v) is 2.56. The second-order valence-corrected chi connectivity index (χ2v) is 5.04. The molecule has 0 unspecified atom stereocenters. The summed E-state index contributed by atoms with van der Waals surface area (Å²) in [5.74, 6) is -0.0721. The van der Waals surface area contributed by atoms with Crippen molar-refractivity contribution in [3.05, 3.63) is 24.4 Å². The summed E-state index contributed by atoms with van der Waals surface area (Å²) in [4.78, 5) is 10.7. The summed E-state index contributed by atoms with van der Waals surface area (Å²) >= 11 is 0. The number of nitrogens with zero attached hydrogens (tertiary/aromatic N) is 4. The number of aromatic nitrogens is 4. The molecule has 0 aromatic carbocycles. The van der Waals surface area contributed by atoms with Crippen LogP contribution < -0.4 is 0 Å². The minimum Gasteiger partial charge on any atom is -0.481 e. The van der Waals surface area contributed by atoms with Crippen molar-refractivity contribution in [2.24, 2.45) is 5.41 Å². The predicted molar refractivity (Wildman–Crippen MR) is 65.1 cm³/mol. The van der Waals surface area contributed by atoms with Gasteiger partial charge >= 0.3 is 5.97 Å². The molecule has 2 rings (SSSR count). The van der Waals surface area contributed by atoms with Crippen molar-refractivity contribution in [1.82, 2.24) is 20.4 Å². The molecule has 2 heterocycles. The smallest absolute Gasteiger partial charge is 0.303 e. The minimum atomic E-state index is -0.844. The highest BCUT2D eigenvalue weighted by molar-refractivity contribution is 5.67. The van der Waals surface area contributed by atoms with Gasteiger partial charge in [0.2, 0.25) is 11.8 Å². The predicted octanol–water partition coefficient (Wildman–Crippen LogP) is 1.57. The lowest BCUT2D eigenvalue weighted by Gasteiger charge is -2.19. The standard InChI is InChI=1S/C12H14N4O3/c1-12(2,6-10(17)18)5-9-15-16-11(19-9)8-3-4-13-14-7-8/h3-4,7H,5-6H2,1-2H3,(H,17,18). The number of aliphatic carboxylic acids is 1. The summed E-state index contributed by atoms with van der Waals surface area (Å²) in [5.41, 5.74) is 0.247. The van der Waals surface area contributed by atoms with Crippen LogP contribution >= 0.6 is 0 Å². The zero-order chi connectivity index (χ0) is 13.9. The lowest BCUT2D eigenvalue weighted by molar-refractivity contribution is -0.139. The summed E-state index contributed by atoms with van der Waals surface area (Å²) in [6, 6.07) is 1.71. The first kappa shape index (κ1) is 13.1. The molecule has 0 bridgehead atoms. The van der Waals surface area contributed by atoms with Gasteiger partial charge in [-0.15, -0.1) is 10.2 Å². The molecule has 2 aromatic heterocycles. The molecule has 0 amide bonds. The third-order valence-electron chi connectivity index (χ3n) is 2.56. The van der Waals surface area contributed by atoms with Gasteiger partial charge in [0.15, 0.2) is 0 Å². The summed E-state index contributed by atoms with van der Waals surface area (Å²) < 4.78 is 5.50. The molecule has 19 heavy (non-hydrogen) atoms. The molecule has 0 atom stereocenters. The second kappa shape index (κ2) is 5.13. The van der Waals surface area contributed by atoms with Gasteiger partial charge in [0.1, 0.15) is 0 Å². The fourth-order valence-corrected chi connectivity index (χ4v) is 1.74. The largest absolute Gasteiger partial charge is 0.481 e. The molecule has 2 aromatic rings. The van der Waals surface area contributed by atoms with Crippen molar-refractivity contribution < 1.29 is 14.3 Å². The Kier molecular flexibility index (Phi) is 3.55. The summed E-state index contributed by atoms with van der Waals surface area (Å²) in [5, 5.41) is 24.1. The molecule has 0 aliphatic carbocycles. The van der Waals surface area contributed by atoms with Crippen LogP contribution in [0.1, 0.15) is 26.2 Å². The van der Waals surface area contributed by atoms with Crippen LogP contribution in [-0.2, 0) is 11.2 Å². The Morgan fingerprint density at radius 2 is 2.16 bits per heavy atom. The number of hydrogen-bond acceptors (Lipinski definition) is 6. The SMILES string of the molecule is CC(C)(CC(=O)O)Cc1nnc(-c2ccnnc2)o1. The Morgan fingerprint density at radius 1 is 1.37 bits per heavy atom. The highest BCUT2D eigenvalue weighted by atomic mass is 16.4. The molecule has 100 valence electrons. The van der Waals surface area contributed by atoms with Gasteiger partial charge in [-0.1, -0.05) is 13.8 Å². The molecule has 0 aliphatic rings. The van der Waals surface area contributed by atoms with Crippen molar-refractivity contribution in [3.8, 4) is 11.5 Å². The molecule has 0 fully saturated rings. The number of carbonyl (C=O) groups is 1. The van der Waals surface area contributed by atoms with E-state index in [2.05, 4.69) is 20.4 Å². The van der Waals surface area contributed by atoms with Crippen LogP contribution in [-0.4, -0.2) is 31.5 Å². The quantitative estimate of drug-likeness (QED) is 0.872. The first-order chi connectivity index (χ1) is 8.96. The van der Waals surface area contributed by atoms with Gasteiger partial charge in [-0.25, -0.2) is 0 Å². The Bertz CT molecular complexity index is 565. The van der Waals surface area contributed by atoms with E-state index in [0.29, 0.717) is 23.8 Å². The van der Waals surface area contributed by atoms with Crippen LogP contribution in [0.3, 0.4) is 0 Å². The lowest BCUT2D eigenvalue weighted by Crippen LogP contribution is -2.19. The maximum Gasteiger partial charge on any atom is 0.303 e. The van der Waals surface area contributed by atoms with E-state index in [-0.39, 0.29) is 6.42 Å². The van der Waals surface area contributed by atoms with E-state index in [1.807, 2.05) is 13.8 Å². The van der Waals surface area contributed by atoms with Crippen molar-refractivity contribution in [1.29, 1.82) is 0 Å². The van der Waals surface area contributed by atoms with E-state index in [1.54, 1.807) is 6.07 Å². The highest BCUT2D eigenvalue weighted by Gasteiger charge is 2.25. The van der Waals surface area contributed by atoms with Crippen molar-refractivity contribution in [2.75, 3.05) is 0 Å². The minimum absolute atomic E-state index is 0.0432. The van der Waals surface area contributed by atoms with Crippen LogP contribution in [0.4, 0.5) is 0 Å². The third kappa shape index (κ3) is 3.57. The van der Waals surface area contributed by atoms with E-state index >= 15 is 0 Å². The zero-order valence-corrected chi connectivity index (χ0v) is 10.7. The number of carboxylic acid groups (broad SMARTS) is 1. The summed E-state index contributed by atoms with van der Waals surface area (Å²) in [6.45, 7) is 3.69. The molecular formula is C12H14N4O3. The van der Waals surface area contributed by atoms with Crippen LogP contribution in [0.25, 0.3) is 11.5 Å². The van der Waals surface area contributed by atoms with Crippen LogP contribution in [0.2, 0.25) is 0 Å². The Morgan fingerprint density at radius 3 is 2.79 bits per heavy atom. The topological polar surface area (TPSA) is 102 Å². The average Bonchev–Trinajstić information content (AvgIpc) is 2.76. The maximum absolute atomic E-state index is 10.7. The monoisotopic (exact) mass is 262 g/mol. The number of hydrogen-bond donors (Lipinski definition) is 1. The normalized spacial score (nSPS) is 11.5. The fraction of sp³-hybridized carbons (Fsp3) is 0.417. The van der Waals surface area contributed by atoms with Crippen molar-refractivity contribution in [3.63, 3.8) is 0 Å². The molecular weight excluding hydrogens is 248 g/mol. The first-order valence-electron chi connectivity index (χ1n) is 5.77. The molecule has 0 spiro atoms. The molecule has 7 heteroatoms. The van der Waals surface area contributed by atoms with Gasteiger partial charge in [-0.05, 0) is 11.5 Å².